The van der Waals surface area contributed by atoms with E-state index >= 15 is 0 Å². The van der Waals surface area contributed by atoms with Crippen LogP contribution in [0.25, 0.3) is 0 Å². The van der Waals surface area contributed by atoms with E-state index in [0.29, 0.717) is 17.4 Å². The van der Waals surface area contributed by atoms with Crippen LogP contribution in [0.15, 0.2) is 48.5 Å². The van der Waals surface area contributed by atoms with E-state index in [1.54, 1.807) is 0 Å². The lowest BCUT2D eigenvalue weighted by Crippen LogP contribution is -2.24. The summed E-state index contributed by atoms with van der Waals surface area (Å²) >= 11 is 0. The average Bonchev–Trinajstić information content (AvgIpc) is 3.22. The Balaban J connectivity index is 0.000000608. The lowest BCUT2D eigenvalue weighted by atomic mass is 9.72. The van der Waals surface area contributed by atoms with Gasteiger partial charge in [-0.3, -0.25) is 0 Å². The molecule has 3 rings (SSSR count). The molecule has 0 spiro atoms. The first-order valence-electron chi connectivity index (χ1n) is 16.9. The van der Waals surface area contributed by atoms with E-state index in [-0.39, 0.29) is 12.8 Å². The van der Waals surface area contributed by atoms with Crippen molar-refractivity contribution in [2.75, 3.05) is 6.61 Å². The number of rotatable bonds is 11. The van der Waals surface area contributed by atoms with Gasteiger partial charge in [-0.2, -0.15) is 0 Å². The fourth-order valence-electron chi connectivity index (χ4n) is 6.16. The third-order valence-corrected chi connectivity index (χ3v) is 8.62. The first-order valence-corrected chi connectivity index (χ1v) is 16.9. The predicted octanol–water partition coefficient (Wildman–Crippen LogP) is 12.9. The Morgan fingerprint density at radius 1 is 0.738 bits per heavy atom. The Morgan fingerprint density at radius 3 is 1.62 bits per heavy atom. The second-order valence-corrected chi connectivity index (χ2v) is 15.2. The highest BCUT2D eigenvalue weighted by Crippen LogP contribution is 2.36. The molecule has 0 radical (unpaired) electrons. The molecule has 3 unspecified atom stereocenters. The standard InChI is InChI=1S/C16H26.C15H24.C9H18O.CH4/c1-3-4-5-6-7-8-9-10-16-13-11-15(2)12-14-16;1-12-7-9-13(10-8-12)15(5,6)11-14(2,3)4;1-6(2)9-8(4)7(3)5-10-9;/h11-14H,3-10H2,1-2H3;7-10H,11H2,1-6H3;6-9H,5H2,1-4H3;1H4. The Morgan fingerprint density at radius 2 is 1.21 bits per heavy atom. The normalized spacial score (nSPS) is 18.5. The topological polar surface area (TPSA) is 9.23 Å². The molecule has 1 saturated heterocycles. The Hall–Kier alpha value is -1.60. The van der Waals surface area contributed by atoms with Gasteiger partial charge in [0.05, 0.1) is 6.10 Å². The van der Waals surface area contributed by atoms with Gasteiger partial charge >= 0.3 is 0 Å². The van der Waals surface area contributed by atoms with Crippen molar-refractivity contribution in [2.45, 2.75) is 160 Å². The molecule has 0 amide bonds. The zero-order chi connectivity index (χ0) is 31.1. The smallest absolute Gasteiger partial charge is 0.0627 e. The second kappa shape index (κ2) is 20.4. The van der Waals surface area contributed by atoms with Gasteiger partial charge in [-0.05, 0) is 72.8 Å². The van der Waals surface area contributed by atoms with Crippen molar-refractivity contribution in [2.24, 2.45) is 23.2 Å². The summed E-state index contributed by atoms with van der Waals surface area (Å²) in [5.74, 6) is 2.19. The fraction of sp³-hybridized carbons (Fsp3) is 0.707. The van der Waals surface area contributed by atoms with Crippen LogP contribution in [0, 0.1) is 37.0 Å². The van der Waals surface area contributed by atoms with Crippen LogP contribution >= 0.6 is 0 Å². The van der Waals surface area contributed by atoms with Gasteiger partial charge in [0.2, 0.25) is 0 Å². The number of unbranched alkanes of at least 4 members (excludes halogenated alkanes) is 6. The highest BCUT2D eigenvalue weighted by Gasteiger charge is 2.32. The van der Waals surface area contributed by atoms with Crippen molar-refractivity contribution in [3.8, 4) is 0 Å². The van der Waals surface area contributed by atoms with Crippen molar-refractivity contribution in [1.82, 2.24) is 0 Å². The number of aryl methyl sites for hydroxylation is 3. The lowest BCUT2D eigenvalue weighted by molar-refractivity contribution is 0.0575. The maximum absolute atomic E-state index is 5.64. The molecule has 1 nitrogen and oxygen atoms in total. The zero-order valence-electron chi connectivity index (χ0n) is 29.4. The molecule has 242 valence electrons. The van der Waals surface area contributed by atoms with Crippen LogP contribution in [-0.4, -0.2) is 12.7 Å². The Bertz CT molecular complexity index is 913. The van der Waals surface area contributed by atoms with Crippen LogP contribution in [0.2, 0.25) is 0 Å². The van der Waals surface area contributed by atoms with Gasteiger partial charge in [-0.15, -0.1) is 0 Å². The molecule has 42 heavy (non-hydrogen) atoms. The highest BCUT2D eigenvalue weighted by molar-refractivity contribution is 5.27. The van der Waals surface area contributed by atoms with Crippen molar-refractivity contribution >= 4 is 0 Å². The van der Waals surface area contributed by atoms with E-state index in [4.69, 9.17) is 4.74 Å². The quantitative estimate of drug-likeness (QED) is 0.240. The van der Waals surface area contributed by atoms with E-state index in [1.807, 2.05) is 0 Å². The molecule has 0 aliphatic carbocycles. The van der Waals surface area contributed by atoms with E-state index < -0.39 is 0 Å². The summed E-state index contributed by atoms with van der Waals surface area (Å²) in [6.07, 6.45) is 12.8. The van der Waals surface area contributed by atoms with Crippen LogP contribution in [0.4, 0.5) is 0 Å². The second-order valence-electron chi connectivity index (χ2n) is 15.2. The van der Waals surface area contributed by atoms with Gasteiger partial charge in [-0.1, -0.05) is 175 Å². The molecule has 0 N–H and O–H groups in total. The molecular formula is C41H72O. The van der Waals surface area contributed by atoms with Gasteiger partial charge < -0.3 is 4.74 Å². The molecule has 0 saturated carbocycles. The van der Waals surface area contributed by atoms with Gasteiger partial charge in [0.25, 0.3) is 0 Å². The van der Waals surface area contributed by atoms with Crippen LogP contribution in [-0.2, 0) is 16.6 Å². The van der Waals surface area contributed by atoms with E-state index in [2.05, 4.69) is 132 Å². The van der Waals surface area contributed by atoms with Crippen LogP contribution in [0.5, 0.6) is 0 Å². The van der Waals surface area contributed by atoms with Crippen molar-refractivity contribution in [3.63, 3.8) is 0 Å². The van der Waals surface area contributed by atoms with Crippen molar-refractivity contribution in [1.29, 1.82) is 0 Å². The van der Waals surface area contributed by atoms with E-state index in [0.717, 1.165) is 18.4 Å². The average molecular weight is 581 g/mol. The number of hydrogen-bond donors (Lipinski definition) is 0. The highest BCUT2D eigenvalue weighted by atomic mass is 16.5. The Labute approximate surface area is 264 Å². The minimum atomic E-state index is 0. The SMILES string of the molecule is C.CC(C)C1OCC(C)C1C.CCCCCCCCCc1ccc(C)cc1.Cc1ccc(C(C)(C)CC(C)(C)C)cc1. The predicted molar refractivity (Wildman–Crippen MR) is 191 cm³/mol. The summed E-state index contributed by atoms with van der Waals surface area (Å²) in [7, 11) is 0. The third kappa shape index (κ3) is 16.9. The number of ether oxygens (including phenoxy) is 1. The van der Waals surface area contributed by atoms with Crippen molar-refractivity contribution in [3.05, 3.63) is 70.8 Å². The largest absolute Gasteiger partial charge is 0.377 e. The maximum Gasteiger partial charge on any atom is 0.0627 e. The van der Waals surface area contributed by atoms with Gasteiger partial charge in [0.1, 0.15) is 0 Å². The summed E-state index contributed by atoms with van der Waals surface area (Å²) in [5, 5.41) is 0. The summed E-state index contributed by atoms with van der Waals surface area (Å²) < 4.78 is 5.64. The zero-order valence-corrected chi connectivity index (χ0v) is 29.4. The summed E-state index contributed by atoms with van der Waals surface area (Å²) in [6, 6.07) is 17.9. The van der Waals surface area contributed by atoms with E-state index in [9.17, 15) is 0 Å². The minimum Gasteiger partial charge on any atom is -0.377 e. The van der Waals surface area contributed by atoms with Crippen LogP contribution in [0.1, 0.15) is 150 Å². The first-order chi connectivity index (χ1) is 19.2. The monoisotopic (exact) mass is 581 g/mol. The van der Waals surface area contributed by atoms with Gasteiger partial charge in [0, 0.05) is 6.61 Å². The molecule has 2 aromatic rings. The molecule has 2 aromatic carbocycles. The summed E-state index contributed by atoms with van der Waals surface area (Å²) in [4.78, 5) is 0. The van der Waals surface area contributed by atoms with E-state index in [1.165, 1.54) is 80.0 Å². The molecule has 1 aliphatic rings. The fourth-order valence-corrected chi connectivity index (χ4v) is 6.16. The van der Waals surface area contributed by atoms with Crippen LogP contribution < -0.4 is 0 Å². The lowest BCUT2D eigenvalue weighted by Gasteiger charge is -2.33. The molecular weight excluding hydrogens is 508 g/mol. The van der Waals surface area contributed by atoms with Crippen LogP contribution in [0.3, 0.4) is 0 Å². The van der Waals surface area contributed by atoms with Crippen molar-refractivity contribution < 1.29 is 4.74 Å². The first kappa shape index (κ1) is 40.4. The van der Waals surface area contributed by atoms with Gasteiger partial charge in [-0.25, -0.2) is 0 Å². The number of benzene rings is 2. The summed E-state index contributed by atoms with van der Waals surface area (Å²) in [6.45, 7) is 28.2. The molecule has 1 fully saturated rings. The molecule has 0 bridgehead atoms. The molecule has 1 heteroatoms. The number of hydrogen-bond acceptors (Lipinski definition) is 1. The molecule has 0 aromatic heterocycles. The molecule has 1 heterocycles. The minimum absolute atomic E-state index is 0. The Kier molecular flexibility index (Phi) is 19.6. The molecule has 1 aliphatic heterocycles. The summed E-state index contributed by atoms with van der Waals surface area (Å²) in [5.41, 5.74) is 6.30. The maximum atomic E-state index is 5.64. The van der Waals surface area contributed by atoms with Gasteiger partial charge in [0.15, 0.2) is 0 Å². The third-order valence-electron chi connectivity index (χ3n) is 8.62. The molecule has 3 atom stereocenters.